The minimum Gasteiger partial charge on any atom is -0.0928 e. The maximum atomic E-state index is 3.42. The zero-order valence-corrected chi connectivity index (χ0v) is 7.42. The Balaban J connectivity index is 2.46. The molecule has 0 unspecified atom stereocenters. The number of allylic oxidation sites excluding steroid dienone is 6. The van der Waals surface area contributed by atoms with Crippen LogP contribution < -0.4 is 0 Å². The van der Waals surface area contributed by atoms with Crippen LogP contribution in [0.1, 0.15) is 6.42 Å². The fraction of sp³-hybridized carbons (Fsp3) is 0.333. The van der Waals surface area contributed by atoms with Crippen LogP contribution >= 0.6 is 15.9 Å². The highest BCUT2D eigenvalue weighted by Crippen LogP contribution is 2.11. The van der Waals surface area contributed by atoms with Crippen LogP contribution in [0.5, 0.6) is 0 Å². The normalized spacial score (nSPS) is 17.7. The minimum atomic E-state index is 0.620. The fourth-order valence-corrected chi connectivity index (χ4v) is 1.45. The number of alkyl halides is 1. The van der Waals surface area contributed by atoms with Gasteiger partial charge in [-0.2, -0.15) is 0 Å². The van der Waals surface area contributed by atoms with Crippen LogP contribution in [0.2, 0.25) is 0 Å². The average molecular weight is 199 g/mol. The lowest BCUT2D eigenvalue weighted by atomic mass is 10.1. The number of rotatable bonds is 2. The molecule has 0 saturated carbocycles. The molecular weight excluding hydrogens is 188 g/mol. The van der Waals surface area contributed by atoms with Crippen LogP contribution in [-0.4, -0.2) is 5.33 Å². The van der Waals surface area contributed by atoms with Gasteiger partial charge in [-0.25, -0.2) is 0 Å². The SMILES string of the molecule is BrCCC1C=CC=CC=C1. The molecule has 0 aromatic rings. The van der Waals surface area contributed by atoms with Crippen molar-refractivity contribution in [2.75, 3.05) is 5.33 Å². The molecule has 0 nitrogen and oxygen atoms in total. The van der Waals surface area contributed by atoms with Gasteiger partial charge in [-0.3, -0.25) is 0 Å². The summed E-state index contributed by atoms with van der Waals surface area (Å²) in [6.45, 7) is 0. The van der Waals surface area contributed by atoms with E-state index in [4.69, 9.17) is 0 Å². The van der Waals surface area contributed by atoms with Gasteiger partial charge in [0.15, 0.2) is 0 Å². The van der Waals surface area contributed by atoms with Crippen molar-refractivity contribution in [1.82, 2.24) is 0 Å². The Morgan fingerprint density at radius 2 is 1.60 bits per heavy atom. The molecule has 0 spiro atoms. The first kappa shape index (κ1) is 7.80. The number of hydrogen-bond donors (Lipinski definition) is 0. The van der Waals surface area contributed by atoms with Crippen molar-refractivity contribution in [3.63, 3.8) is 0 Å². The molecular formula is C9H11Br. The van der Waals surface area contributed by atoms with Crippen molar-refractivity contribution in [3.8, 4) is 0 Å². The van der Waals surface area contributed by atoms with Crippen LogP contribution in [0.25, 0.3) is 0 Å². The van der Waals surface area contributed by atoms with Crippen molar-refractivity contribution in [1.29, 1.82) is 0 Å². The van der Waals surface area contributed by atoms with Crippen LogP contribution in [0, 0.1) is 5.92 Å². The van der Waals surface area contributed by atoms with Gasteiger partial charge >= 0.3 is 0 Å². The Labute approximate surface area is 70.5 Å². The van der Waals surface area contributed by atoms with Gasteiger partial charge < -0.3 is 0 Å². The summed E-state index contributed by atoms with van der Waals surface area (Å²) in [6.07, 6.45) is 14.0. The predicted molar refractivity (Wildman–Crippen MR) is 49.3 cm³/mol. The monoisotopic (exact) mass is 198 g/mol. The molecule has 54 valence electrons. The van der Waals surface area contributed by atoms with Crippen LogP contribution in [0.4, 0.5) is 0 Å². The van der Waals surface area contributed by atoms with Crippen molar-refractivity contribution in [2.45, 2.75) is 6.42 Å². The van der Waals surface area contributed by atoms with Gasteiger partial charge in [0.05, 0.1) is 0 Å². The van der Waals surface area contributed by atoms with E-state index in [-0.39, 0.29) is 0 Å². The van der Waals surface area contributed by atoms with Crippen LogP contribution in [0.15, 0.2) is 36.5 Å². The van der Waals surface area contributed by atoms with E-state index in [0.29, 0.717) is 5.92 Å². The van der Waals surface area contributed by atoms with Gasteiger partial charge in [-0.1, -0.05) is 52.4 Å². The van der Waals surface area contributed by atoms with E-state index in [9.17, 15) is 0 Å². The highest BCUT2D eigenvalue weighted by atomic mass is 79.9. The predicted octanol–water partition coefficient (Wildman–Crippen LogP) is 3.07. The topological polar surface area (TPSA) is 0 Å². The zero-order valence-electron chi connectivity index (χ0n) is 5.83. The first-order chi connectivity index (χ1) is 4.93. The van der Waals surface area contributed by atoms with Gasteiger partial charge in [0, 0.05) is 5.33 Å². The standard InChI is InChI=1S/C9H11Br/c10-8-7-9-5-3-1-2-4-6-9/h1-6,9H,7-8H2. The Morgan fingerprint density at radius 3 is 2.10 bits per heavy atom. The molecule has 0 saturated heterocycles. The Kier molecular flexibility index (Phi) is 3.52. The molecule has 1 aliphatic carbocycles. The summed E-state index contributed by atoms with van der Waals surface area (Å²) in [7, 11) is 0. The molecule has 1 aliphatic rings. The van der Waals surface area contributed by atoms with E-state index in [1.807, 2.05) is 0 Å². The molecule has 0 radical (unpaired) electrons. The van der Waals surface area contributed by atoms with E-state index in [0.717, 1.165) is 5.33 Å². The summed E-state index contributed by atoms with van der Waals surface area (Å²) in [6, 6.07) is 0. The summed E-state index contributed by atoms with van der Waals surface area (Å²) < 4.78 is 0. The van der Waals surface area contributed by atoms with Gasteiger partial charge in [0.25, 0.3) is 0 Å². The number of halogens is 1. The Hall–Kier alpha value is -0.300. The molecule has 1 rings (SSSR count). The maximum Gasteiger partial charge on any atom is 0.00398 e. The van der Waals surface area contributed by atoms with Gasteiger partial charge in [-0.05, 0) is 12.3 Å². The summed E-state index contributed by atoms with van der Waals surface area (Å²) in [5.74, 6) is 0.620. The van der Waals surface area contributed by atoms with E-state index < -0.39 is 0 Å². The smallest absolute Gasteiger partial charge is 0.00398 e. The quantitative estimate of drug-likeness (QED) is 0.599. The lowest BCUT2D eigenvalue weighted by Crippen LogP contribution is -1.90. The molecule has 10 heavy (non-hydrogen) atoms. The summed E-state index contributed by atoms with van der Waals surface area (Å²) in [5.41, 5.74) is 0. The second-order valence-electron chi connectivity index (χ2n) is 2.30. The second kappa shape index (κ2) is 4.51. The van der Waals surface area contributed by atoms with Crippen LogP contribution in [-0.2, 0) is 0 Å². The highest BCUT2D eigenvalue weighted by molar-refractivity contribution is 9.09. The van der Waals surface area contributed by atoms with E-state index in [2.05, 4.69) is 52.4 Å². The van der Waals surface area contributed by atoms with Gasteiger partial charge in [-0.15, -0.1) is 0 Å². The third-order valence-electron chi connectivity index (χ3n) is 1.49. The van der Waals surface area contributed by atoms with Crippen molar-refractivity contribution in [3.05, 3.63) is 36.5 Å². The van der Waals surface area contributed by atoms with Crippen molar-refractivity contribution < 1.29 is 0 Å². The van der Waals surface area contributed by atoms with Crippen LogP contribution in [0.3, 0.4) is 0 Å². The highest BCUT2D eigenvalue weighted by Gasteiger charge is 1.97. The fourth-order valence-electron chi connectivity index (χ4n) is 0.925. The summed E-state index contributed by atoms with van der Waals surface area (Å²) in [4.78, 5) is 0. The molecule has 1 heteroatoms. The zero-order chi connectivity index (χ0) is 7.23. The average Bonchev–Trinajstić information content (AvgIpc) is 2.17. The van der Waals surface area contributed by atoms with Crippen molar-refractivity contribution >= 4 is 15.9 Å². The molecule has 0 fully saturated rings. The first-order valence-electron chi connectivity index (χ1n) is 3.51. The lowest BCUT2D eigenvalue weighted by molar-refractivity contribution is 0.788. The second-order valence-corrected chi connectivity index (χ2v) is 3.09. The summed E-state index contributed by atoms with van der Waals surface area (Å²) >= 11 is 3.42. The molecule has 0 aliphatic heterocycles. The largest absolute Gasteiger partial charge is 0.0928 e. The van der Waals surface area contributed by atoms with E-state index in [1.54, 1.807) is 0 Å². The molecule has 0 N–H and O–H groups in total. The third kappa shape index (κ3) is 2.53. The minimum absolute atomic E-state index is 0.620. The molecule has 0 heterocycles. The maximum absolute atomic E-state index is 3.42. The van der Waals surface area contributed by atoms with Gasteiger partial charge in [0.1, 0.15) is 0 Å². The Bertz CT molecular complexity index is 150. The lowest BCUT2D eigenvalue weighted by Gasteiger charge is -2.01. The van der Waals surface area contributed by atoms with Gasteiger partial charge in [0.2, 0.25) is 0 Å². The van der Waals surface area contributed by atoms with Crippen molar-refractivity contribution in [2.24, 2.45) is 5.92 Å². The molecule has 0 amide bonds. The molecule has 0 aromatic carbocycles. The van der Waals surface area contributed by atoms with E-state index in [1.165, 1.54) is 6.42 Å². The number of hydrogen-bond acceptors (Lipinski definition) is 0. The summed E-state index contributed by atoms with van der Waals surface area (Å²) in [5, 5.41) is 1.08. The molecule has 0 bridgehead atoms. The third-order valence-corrected chi connectivity index (χ3v) is 1.95. The first-order valence-corrected chi connectivity index (χ1v) is 4.63. The molecule has 0 atom stereocenters. The molecule has 0 aromatic heterocycles. The van der Waals surface area contributed by atoms with E-state index >= 15 is 0 Å². The Morgan fingerprint density at radius 1 is 1.00 bits per heavy atom.